The number of rotatable bonds is 7. The molecule has 2 nitrogen and oxygen atoms in total. The number of benzene rings is 1. The number of hydrogen-bond acceptors (Lipinski definition) is 2. The molecule has 0 amide bonds. The minimum absolute atomic E-state index is 0.109. The van der Waals surface area contributed by atoms with E-state index in [0.29, 0.717) is 12.5 Å². The van der Waals surface area contributed by atoms with Crippen molar-refractivity contribution in [3.8, 4) is 11.8 Å². The molecular weight excluding hydrogens is 282 g/mol. The third kappa shape index (κ3) is 5.84. The molecule has 0 aromatic heterocycles. The summed E-state index contributed by atoms with van der Waals surface area (Å²) in [4.78, 5) is 14.3. The second-order valence-electron chi connectivity index (χ2n) is 6.60. The zero-order valence-electron chi connectivity index (χ0n) is 14.6. The van der Waals surface area contributed by atoms with Gasteiger partial charge in [0, 0.05) is 24.9 Å². The van der Waals surface area contributed by atoms with Gasteiger partial charge in [0.1, 0.15) is 0 Å². The zero-order valence-corrected chi connectivity index (χ0v) is 14.6. The molecule has 1 saturated heterocycles. The molecule has 0 aliphatic carbocycles. The van der Waals surface area contributed by atoms with Gasteiger partial charge in [-0.1, -0.05) is 56.0 Å². The molecule has 2 heteroatoms. The molecule has 0 bridgehead atoms. The summed E-state index contributed by atoms with van der Waals surface area (Å²) in [5.74, 6) is 6.48. The predicted octanol–water partition coefficient (Wildman–Crippen LogP) is 4.44. The number of hydrogen-bond donors (Lipinski definition) is 0. The molecule has 1 aromatic rings. The molecule has 2 rings (SSSR count). The van der Waals surface area contributed by atoms with Crippen LogP contribution in [0.2, 0.25) is 0 Å². The molecule has 2 atom stereocenters. The molecule has 1 fully saturated rings. The first-order valence-electron chi connectivity index (χ1n) is 9.03. The average Bonchev–Trinajstić information content (AvgIpc) is 3.02. The molecule has 124 valence electrons. The fraction of sp³-hybridized carbons (Fsp3) is 0.571. The molecule has 23 heavy (non-hydrogen) atoms. The van der Waals surface area contributed by atoms with E-state index in [9.17, 15) is 4.79 Å². The number of nitrogens with zero attached hydrogens (tertiary/aromatic N) is 1. The lowest BCUT2D eigenvalue weighted by Crippen LogP contribution is -2.33. The van der Waals surface area contributed by atoms with Gasteiger partial charge in [0.25, 0.3) is 0 Å². The van der Waals surface area contributed by atoms with Crippen LogP contribution >= 0.6 is 0 Å². The van der Waals surface area contributed by atoms with E-state index in [0.717, 1.165) is 32.4 Å². The van der Waals surface area contributed by atoms with Gasteiger partial charge < -0.3 is 0 Å². The second kappa shape index (κ2) is 9.53. The van der Waals surface area contributed by atoms with Crippen LogP contribution in [0.3, 0.4) is 0 Å². The maximum atomic E-state index is 11.8. The van der Waals surface area contributed by atoms with E-state index in [1.165, 1.54) is 18.4 Å². The fourth-order valence-electron chi connectivity index (χ4n) is 3.32. The van der Waals surface area contributed by atoms with Crippen LogP contribution in [-0.2, 0) is 11.3 Å². The maximum absolute atomic E-state index is 11.8. The zero-order chi connectivity index (χ0) is 16.5. The van der Waals surface area contributed by atoms with Gasteiger partial charge in [-0.25, -0.2) is 0 Å². The van der Waals surface area contributed by atoms with E-state index in [2.05, 4.69) is 60.9 Å². The first kappa shape index (κ1) is 17.8. The SMILES string of the molecule is CCCCCC(=O)C#C[C@@H](C)[C@@H]1CCCN1Cc1ccccc1. The van der Waals surface area contributed by atoms with Crippen LogP contribution < -0.4 is 0 Å². The van der Waals surface area contributed by atoms with E-state index in [1.54, 1.807) is 0 Å². The summed E-state index contributed by atoms with van der Waals surface area (Å²) < 4.78 is 0. The van der Waals surface area contributed by atoms with Gasteiger partial charge in [0.15, 0.2) is 0 Å². The van der Waals surface area contributed by atoms with E-state index in [-0.39, 0.29) is 11.7 Å². The van der Waals surface area contributed by atoms with Gasteiger partial charge in [-0.3, -0.25) is 9.69 Å². The molecule has 0 radical (unpaired) electrons. The Morgan fingerprint density at radius 3 is 2.83 bits per heavy atom. The highest BCUT2D eigenvalue weighted by Gasteiger charge is 2.28. The van der Waals surface area contributed by atoms with Crippen LogP contribution in [0.5, 0.6) is 0 Å². The summed E-state index contributed by atoms with van der Waals surface area (Å²) in [7, 11) is 0. The standard InChI is InChI=1S/C21H29NO/c1-3-4-6-12-20(23)15-14-18(2)21-13-9-16-22(21)17-19-10-7-5-8-11-19/h5,7-8,10-11,18,21H,3-4,6,9,12-13,16-17H2,1-2H3/t18-,21+/m1/s1. The van der Waals surface area contributed by atoms with Crippen molar-refractivity contribution in [2.75, 3.05) is 6.54 Å². The van der Waals surface area contributed by atoms with Crippen molar-refractivity contribution in [2.45, 2.75) is 65.0 Å². The third-order valence-electron chi connectivity index (χ3n) is 4.67. The second-order valence-corrected chi connectivity index (χ2v) is 6.60. The van der Waals surface area contributed by atoms with Gasteiger partial charge in [0.05, 0.1) is 0 Å². The minimum Gasteiger partial charge on any atom is -0.295 e. The Kier molecular flexibility index (Phi) is 7.36. The summed E-state index contributed by atoms with van der Waals surface area (Å²) >= 11 is 0. The highest BCUT2D eigenvalue weighted by atomic mass is 16.1. The van der Waals surface area contributed by atoms with Crippen molar-refractivity contribution in [3.63, 3.8) is 0 Å². The Labute approximate surface area is 141 Å². The molecule has 1 aliphatic rings. The summed E-state index contributed by atoms with van der Waals surface area (Å²) in [6, 6.07) is 11.1. The van der Waals surface area contributed by atoms with E-state index in [1.807, 2.05) is 0 Å². The number of unbranched alkanes of at least 4 members (excludes halogenated alkanes) is 2. The lowest BCUT2D eigenvalue weighted by atomic mass is 9.99. The quantitative estimate of drug-likeness (QED) is 0.421. The largest absolute Gasteiger partial charge is 0.295 e. The number of Topliss-reactive ketones (excluding diaryl/α,β-unsaturated/α-hetero) is 1. The van der Waals surface area contributed by atoms with E-state index < -0.39 is 0 Å². The Balaban J connectivity index is 1.88. The Bertz CT molecular complexity index is 540. The van der Waals surface area contributed by atoms with Crippen molar-refractivity contribution in [1.29, 1.82) is 0 Å². The molecular formula is C21H29NO. The first-order chi connectivity index (χ1) is 11.2. The first-order valence-corrected chi connectivity index (χ1v) is 9.03. The summed E-state index contributed by atoms with van der Waals surface area (Å²) in [5, 5.41) is 0. The molecule has 0 unspecified atom stereocenters. The molecule has 1 heterocycles. The fourth-order valence-corrected chi connectivity index (χ4v) is 3.32. The molecule has 0 N–H and O–H groups in total. The van der Waals surface area contributed by atoms with Crippen LogP contribution in [0, 0.1) is 17.8 Å². The lowest BCUT2D eigenvalue weighted by Gasteiger charge is -2.27. The number of likely N-dealkylation sites (tertiary alicyclic amines) is 1. The van der Waals surface area contributed by atoms with Crippen LogP contribution in [0.15, 0.2) is 30.3 Å². The Morgan fingerprint density at radius 1 is 1.30 bits per heavy atom. The van der Waals surface area contributed by atoms with Crippen molar-refractivity contribution in [3.05, 3.63) is 35.9 Å². The van der Waals surface area contributed by atoms with Crippen molar-refractivity contribution in [1.82, 2.24) is 4.90 Å². The third-order valence-corrected chi connectivity index (χ3v) is 4.67. The summed E-state index contributed by atoms with van der Waals surface area (Å²) in [6.07, 6.45) is 6.28. The number of ketones is 1. The van der Waals surface area contributed by atoms with Gasteiger partial charge in [-0.2, -0.15) is 0 Å². The minimum atomic E-state index is 0.109. The van der Waals surface area contributed by atoms with Crippen LogP contribution in [0.4, 0.5) is 0 Å². The normalized spacial score (nSPS) is 19.1. The van der Waals surface area contributed by atoms with Gasteiger partial charge in [0.2, 0.25) is 5.78 Å². The van der Waals surface area contributed by atoms with Crippen LogP contribution in [0.25, 0.3) is 0 Å². The van der Waals surface area contributed by atoms with Crippen molar-refractivity contribution >= 4 is 5.78 Å². The van der Waals surface area contributed by atoms with Gasteiger partial charge in [-0.15, -0.1) is 0 Å². The Morgan fingerprint density at radius 2 is 2.09 bits per heavy atom. The average molecular weight is 311 g/mol. The summed E-state index contributed by atoms with van der Waals surface area (Å²) in [5.41, 5.74) is 1.36. The highest BCUT2D eigenvalue weighted by molar-refractivity contribution is 5.95. The predicted molar refractivity (Wildman–Crippen MR) is 96.0 cm³/mol. The van der Waals surface area contributed by atoms with Crippen LogP contribution in [-0.4, -0.2) is 23.3 Å². The Hall–Kier alpha value is -1.59. The van der Waals surface area contributed by atoms with Crippen molar-refractivity contribution < 1.29 is 4.79 Å². The monoisotopic (exact) mass is 311 g/mol. The van der Waals surface area contributed by atoms with E-state index >= 15 is 0 Å². The molecule has 1 aliphatic heterocycles. The molecule has 0 saturated carbocycles. The maximum Gasteiger partial charge on any atom is 0.205 e. The van der Waals surface area contributed by atoms with Gasteiger partial charge >= 0.3 is 0 Å². The van der Waals surface area contributed by atoms with E-state index in [4.69, 9.17) is 0 Å². The smallest absolute Gasteiger partial charge is 0.205 e. The number of carbonyl (C=O) groups is 1. The van der Waals surface area contributed by atoms with Gasteiger partial charge in [-0.05, 0) is 44.2 Å². The number of carbonyl (C=O) groups excluding carboxylic acids is 1. The van der Waals surface area contributed by atoms with Crippen LogP contribution in [0.1, 0.15) is 57.9 Å². The lowest BCUT2D eigenvalue weighted by molar-refractivity contribution is -0.113. The summed E-state index contributed by atoms with van der Waals surface area (Å²) in [6.45, 7) is 6.44. The topological polar surface area (TPSA) is 20.3 Å². The highest BCUT2D eigenvalue weighted by Crippen LogP contribution is 2.25. The molecule has 1 aromatic carbocycles. The molecule has 0 spiro atoms. The van der Waals surface area contributed by atoms with Crippen molar-refractivity contribution in [2.24, 2.45) is 5.92 Å².